The van der Waals surface area contributed by atoms with Gasteiger partial charge < -0.3 is 9.67 Å². The predicted octanol–water partition coefficient (Wildman–Crippen LogP) is -1.19. The van der Waals surface area contributed by atoms with Gasteiger partial charge in [0.1, 0.15) is 13.7 Å². The van der Waals surface area contributed by atoms with Crippen LogP contribution in [0.3, 0.4) is 0 Å². The molecule has 0 saturated carbocycles. The third kappa shape index (κ3) is 2.58. The van der Waals surface area contributed by atoms with E-state index in [2.05, 4.69) is 4.98 Å². The van der Waals surface area contributed by atoms with Gasteiger partial charge >= 0.3 is 5.69 Å². The standard InChI is InChI=1S/C16H17BN4O3/c1-19-14-13(15(23)20(2)16(19)24)21(12(18-14)6-7-22)9-10-4-3-5-11(17)8-10/h3-5,8,22H,6-7,9H2,1-2H3. The largest absolute Gasteiger partial charge is 0.396 e. The minimum absolute atomic E-state index is 0.103. The van der Waals surface area contributed by atoms with Crippen molar-refractivity contribution in [2.45, 2.75) is 13.0 Å². The average molecular weight is 324 g/mol. The van der Waals surface area contributed by atoms with Gasteiger partial charge in [0.2, 0.25) is 0 Å². The van der Waals surface area contributed by atoms with Crippen molar-refractivity contribution in [2.24, 2.45) is 14.1 Å². The molecule has 0 amide bonds. The van der Waals surface area contributed by atoms with Gasteiger partial charge in [0, 0.05) is 27.1 Å². The molecule has 0 saturated heterocycles. The fourth-order valence-electron chi connectivity index (χ4n) is 2.83. The molecule has 0 unspecified atom stereocenters. The topological polar surface area (TPSA) is 82.1 Å². The monoisotopic (exact) mass is 324 g/mol. The molecule has 1 N–H and O–H groups in total. The quantitative estimate of drug-likeness (QED) is 0.612. The maximum absolute atomic E-state index is 12.6. The molecule has 24 heavy (non-hydrogen) atoms. The lowest BCUT2D eigenvalue weighted by atomic mass is 9.94. The minimum Gasteiger partial charge on any atom is -0.396 e. The summed E-state index contributed by atoms with van der Waals surface area (Å²) >= 11 is 0. The van der Waals surface area contributed by atoms with Crippen molar-refractivity contribution >= 4 is 24.5 Å². The van der Waals surface area contributed by atoms with E-state index in [0.717, 1.165) is 10.1 Å². The summed E-state index contributed by atoms with van der Waals surface area (Å²) in [5.41, 5.74) is 1.34. The zero-order chi connectivity index (χ0) is 17.4. The molecule has 0 aliphatic rings. The van der Waals surface area contributed by atoms with Gasteiger partial charge in [-0.25, -0.2) is 9.78 Å². The SMILES string of the molecule is [B]c1cccc(Cn2c(CCO)nc3c2c(=O)n(C)c(=O)n3C)c1. The van der Waals surface area contributed by atoms with Crippen LogP contribution < -0.4 is 16.7 Å². The van der Waals surface area contributed by atoms with E-state index in [4.69, 9.17) is 7.85 Å². The highest BCUT2D eigenvalue weighted by molar-refractivity contribution is 6.32. The van der Waals surface area contributed by atoms with Gasteiger partial charge in [-0.15, -0.1) is 0 Å². The number of benzene rings is 1. The number of aliphatic hydroxyl groups excluding tert-OH is 1. The lowest BCUT2D eigenvalue weighted by Gasteiger charge is -2.10. The van der Waals surface area contributed by atoms with Gasteiger partial charge in [0.15, 0.2) is 11.2 Å². The molecule has 3 rings (SSSR count). The average Bonchev–Trinajstić information content (AvgIpc) is 2.90. The van der Waals surface area contributed by atoms with Gasteiger partial charge in [-0.2, -0.15) is 0 Å². The first-order valence-corrected chi connectivity index (χ1v) is 7.54. The second kappa shape index (κ2) is 6.12. The van der Waals surface area contributed by atoms with Gasteiger partial charge in [-0.3, -0.25) is 13.9 Å². The number of aryl methyl sites for hydroxylation is 1. The van der Waals surface area contributed by atoms with Gasteiger partial charge in [0.25, 0.3) is 5.56 Å². The van der Waals surface area contributed by atoms with Crippen LogP contribution in [0.1, 0.15) is 11.4 Å². The van der Waals surface area contributed by atoms with Crippen LogP contribution in [0.4, 0.5) is 0 Å². The van der Waals surface area contributed by atoms with E-state index in [0.29, 0.717) is 29.0 Å². The van der Waals surface area contributed by atoms with E-state index in [1.165, 1.54) is 11.6 Å². The van der Waals surface area contributed by atoms with Crippen LogP contribution in [0.2, 0.25) is 0 Å². The number of nitrogens with zero attached hydrogens (tertiary/aromatic N) is 4. The van der Waals surface area contributed by atoms with Crippen molar-refractivity contribution in [3.8, 4) is 0 Å². The van der Waals surface area contributed by atoms with E-state index in [1.807, 2.05) is 18.2 Å². The molecular weight excluding hydrogens is 307 g/mol. The van der Waals surface area contributed by atoms with E-state index >= 15 is 0 Å². The van der Waals surface area contributed by atoms with Crippen molar-refractivity contribution < 1.29 is 5.11 Å². The fraction of sp³-hybridized carbons (Fsp3) is 0.312. The number of fused-ring (bicyclic) bond motifs is 1. The second-order valence-electron chi connectivity index (χ2n) is 5.71. The van der Waals surface area contributed by atoms with E-state index in [1.54, 1.807) is 17.7 Å². The van der Waals surface area contributed by atoms with Gasteiger partial charge in [-0.05, 0) is 5.56 Å². The summed E-state index contributed by atoms with van der Waals surface area (Å²) in [6.07, 6.45) is 0.286. The normalized spacial score (nSPS) is 11.3. The Bertz CT molecular complexity index is 1030. The molecule has 0 atom stereocenters. The predicted molar refractivity (Wildman–Crippen MR) is 91.9 cm³/mol. The van der Waals surface area contributed by atoms with Crippen molar-refractivity contribution in [3.05, 3.63) is 56.5 Å². The van der Waals surface area contributed by atoms with E-state index < -0.39 is 11.2 Å². The highest BCUT2D eigenvalue weighted by Crippen LogP contribution is 2.14. The Balaban J connectivity index is 2.30. The first-order valence-electron chi connectivity index (χ1n) is 7.54. The molecule has 7 nitrogen and oxygen atoms in total. The molecule has 8 heteroatoms. The van der Waals surface area contributed by atoms with Gasteiger partial charge in [-0.1, -0.05) is 29.7 Å². The summed E-state index contributed by atoms with van der Waals surface area (Å²) in [5.74, 6) is 0.549. The highest BCUT2D eigenvalue weighted by atomic mass is 16.3. The molecule has 3 aromatic rings. The smallest absolute Gasteiger partial charge is 0.332 e. The van der Waals surface area contributed by atoms with Crippen molar-refractivity contribution in [3.63, 3.8) is 0 Å². The van der Waals surface area contributed by atoms with E-state index in [-0.39, 0.29) is 13.0 Å². The number of hydrogen-bond acceptors (Lipinski definition) is 4. The summed E-state index contributed by atoms with van der Waals surface area (Å²) in [6, 6.07) is 7.34. The Kier molecular flexibility index (Phi) is 4.15. The van der Waals surface area contributed by atoms with E-state index in [9.17, 15) is 14.7 Å². The third-order valence-electron chi connectivity index (χ3n) is 4.05. The lowest BCUT2D eigenvalue weighted by Crippen LogP contribution is -2.37. The molecule has 2 heterocycles. The second-order valence-corrected chi connectivity index (χ2v) is 5.71. The number of aliphatic hydroxyl groups is 1. The van der Waals surface area contributed by atoms with Crippen LogP contribution in [0.5, 0.6) is 0 Å². The Labute approximate surface area is 139 Å². The highest BCUT2D eigenvalue weighted by Gasteiger charge is 2.18. The zero-order valence-corrected chi connectivity index (χ0v) is 13.6. The zero-order valence-electron chi connectivity index (χ0n) is 13.6. The van der Waals surface area contributed by atoms with Crippen LogP contribution in [-0.2, 0) is 27.1 Å². The Morgan fingerprint density at radius 1 is 1.21 bits per heavy atom. The Morgan fingerprint density at radius 2 is 1.96 bits per heavy atom. The molecule has 1 aromatic carbocycles. The van der Waals surface area contributed by atoms with Crippen LogP contribution in [0.15, 0.2) is 33.9 Å². The molecule has 2 radical (unpaired) electrons. The molecule has 0 aliphatic carbocycles. The first-order chi connectivity index (χ1) is 11.4. The Hall–Kier alpha value is -2.61. The van der Waals surface area contributed by atoms with Crippen molar-refractivity contribution in [1.82, 2.24) is 18.7 Å². The molecule has 2 aromatic heterocycles. The molecule has 122 valence electrons. The molecular formula is C16H17BN4O3. The van der Waals surface area contributed by atoms with Crippen LogP contribution >= 0.6 is 0 Å². The van der Waals surface area contributed by atoms with Gasteiger partial charge in [0.05, 0.1) is 6.61 Å². The third-order valence-corrected chi connectivity index (χ3v) is 4.05. The number of rotatable bonds is 4. The summed E-state index contributed by atoms with van der Waals surface area (Å²) < 4.78 is 4.14. The lowest BCUT2D eigenvalue weighted by molar-refractivity contribution is 0.295. The van der Waals surface area contributed by atoms with Crippen LogP contribution in [0, 0.1) is 0 Å². The minimum atomic E-state index is -0.434. The molecule has 0 fully saturated rings. The molecule has 0 bridgehead atoms. The van der Waals surface area contributed by atoms with Crippen molar-refractivity contribution in [1.29, 1.82) is 0 Å². The van der Waals surface area contributed by atoms with Crippen molar-refractivity contribution in [2.75, 3.05) is 6.61 Å². The summed E-state index contributed by atoms with van der Waals surface area (Å²) in [6.45, 7) is 0.277. The summed E-state index contributed by atoms with van der Waals surface area (Å²) in [4.78, 5) is 29.1. The fourth-order valence-corrected chi connectivity index (χ4v) is 2.83. The van der Waals surface area contributed by atoms with Crippen LogP contribution in [0.25, 0.3) is 11.2 Å². The Morgan fingerprint density at radius 3 is 2.62 bits per heavy atom. The number of imidazole rings is 1. The maximum atomic E-state index is 12.6. The maximum Gasteiger partial charge on any atom is 0.332 e. The molecule has 0 aliphatic heterocycles. The summed E-state index contributed by atoms with van der Waals surface area (Å²) in [7, 11) is 8.83. The summed E-state index contributed by atoms with van der Waals surface area (Å²) in [5, 5.41) is 9.30. The number of hydrogen-bond donors (Lipinski definition) is 1. The number of aromatic nitrogens is 4. The first kappa shape index (κ1) is 16.3. The van der Waals surface area contributed by atoms with Crippen LogP contribution in [-0.4, -0.2) is 38.2 Å². The molecule has 0 spiro atoms.